The lowest BCUT2D eigenvalue weighted by Gasteiger charge is -2.30. The van der Waals surface area contributed by atoms with Crippen molar-refractivity contribution in [1.29, 1.82) is 0 Å². The molecule has 0 aromatic heterocycles. The van der Waals surface area contributed by atoms with Crippen molar-refractivity contribution in [2.45, 2.75) is 19.8 Å². The largest absolute Gasteiger partial charge is 0.479 e. The number of hydrogen-bond acceptors (Lipinski definition) is 3. The molecule has 1 saturated heterocycles. The normalized spacial score (nSPS) is 14.5. The van der Waals surface area contributed by atoms with Gasteiger partial charge in [-0.15, -0.1) is 0 Å². The minimum Gasteiger partial charge on any atom is -0.479 e. The Bertz CT molecular complexity index is 643. The van der Waals surface area contributed by atoms with Crippen LogP contribution in [0.25, 0.3) is 0 Å². The van der Waals surface area contributed by atoms with Gasteiger partial charge >= 0.3 is 0 Å². The molecule has 0 bridgehead atoms. The van der Waals surface area contributed by atoms with Gasteiger partial charge < -0.3 is 15.0 Å². The van der Waals surface area contributed by atoms with E-state index in [2.05, 4.69) is 17.2 Å². The summed E-state index contributed by atoms with van der Waals surface area (Å²) < 4.78 is 5.44. The molecule has 1 aromatic carbocycles. The Morgan fingerprint density at radius 1 is 1.29 bits per heavy atom. The molecule has 0 atom stereocenters. The standard InChI is InChI=1S/C18H21ClN2O3/c1-14(22)21-11-8-15(9-12-21)18(23)20-10-4-5-13-24-17-7-3-2-6-16(17)19/h2-3,6-7,15H,8-13H2,1H3,(H,20,23). The van der Waals surface area contributed by atoms with Crippen LogP contribution in [0.5, 0.6) is 5.75 Å². The van der Waals surface area contributed by atoms with Gasteiger partial charge in [-0.1, -0.05) is 35.6 Å². The van der Waals surface area contributed by atoms with E-state index in [-0.39, 0.29) is 30.9 Å². The number of rotatable bonds is 4. The summed E-state index contributed by atoms with van der Waals surface area (Å²) in [7, 11) is 0. The van der Waals surface area contributed by atoms with Crippen molar-refractivity contribution in [3.63, 3.8) is 0 Å². The maximum Gasteiger partial charge on any atom is 0.223 e. The number of nitrogens with one attached hydrogen (secondary N) is 1. The van der Waals surface area contributed by atoms with E-state index in [1.165, 1.54) is 0 Å². The first-order valence-electron chi connectivity index (χ1n) is 7.94. The summed E-state index contributed by atoms with van der Waals surface area (Å²) in [6.07, 6.45) is 1.41. The molecule has 0 spiro atoms. The van der Waals surface area contributed by atoms with Crippen LogP contribution in [0.3, 0.4) is 0 Å². The summed E-state index contributed by atoms with van der Waals surface area (Å²) in [5.74, 6) is 6.32. The highest BCUT2D eigenvalue weighted by atomic mass is 35.5. The maximum atomic E-state index is 12.0. The molecule has 0 unspecified atom stereocenters. The third-order valence-electron chi connectivity index (χ3n) is 3.92. The van der Waals surface area contributed by atoms with E-state index in [0.717, 1.165) is 0 Å². The molecule has 24 heavy (non-hydrogen) atoms. The number of amides is 2. The van der Waals surface area contributed by atoms with Crippen LogP contribution in [0, 0.1) is 17.8 Å². The van der Waals surface area contributed by atoms with E-state index in [1.54, 1.807) is 24.0 Å². The fraction of sp³-hybridized carbons (Fsp3) is 0.444. The fourth-order valence-corrected chi connectivity index (χ4v) is 2.71. The van der Waals surface area contributed by atoms with Gasteiger partial charge in [0.25, 0.3) is 0 Å². The number of para-hydroxylation sites is 1. The van der Waals surface area contributed by atoms with Gasteiger partial charge in [0.05, 0.1) is 11.6 Å². The molecule has 128 valence electrons. The Labute approximate surface area is 147 Å². The Hall–Kier alpha value is -2.19. The molecule has 1 aliphatic heterocycles. The summed E-state index contributed by atoms with van der Waals surface area (Å²) in [5, 5.41) is 3.35. The lowest BCUT2D eigenvalue weighted by atomic mass is 9.96. The summed E-state index contributed by atoms with van der Waals surface area (Å²) in [5.41, 5.74) is 0. The van der Waals surface area contributed by atoms with Gasteiger partial charge in [0, 0.05) is 25.9 Å². The maximum absolute atomic E-state index is 12.0. The number of halogens is 1. The molecule has 1 N–H and O–H groups in total. The second kappa shape index (κ2) is 9.19. The molecule has 2 rings (SSSR count). The number of nitrogens with zero attached hydrogens (tertiary/aromatic N) is 1. The van der Waals surface area contributed by atoms with Gasteiger partial charge in [0.1, 0.15) is 12.4 Å². The molecule has 1 aliphatic rings. The average Bonchev–Trinajstić information content (AvgIpc) is 2.59. The summed E-state index contributed by atoms with van der Waals surface area (Å²) >= 11 is 5.97. The zero-order valence-corrected chi connectivity index (χ0v) is 14.4. The number of carbonyl (C=O) groups excluding carboxylic acids is 2. The molecule has 0 saturated carbocycles. The minimum atomic E-state index is -0.0400. The fourth-order valence-electron chi connectivity index (χ4n) is 2.52. The van der Waals surface area contributed by atoms with Gasteiger partial charge in [0.15, 0.2) is 0 Å². The van der Waals surface area contributed by atoms with Crippen molar-refractivity contribution in [3.05, 3.63) is 29.3 Å². The number of likely N-dealkylation sites (tertiary alicyclic amines) is 1. The van der Waals surface area contributed by atoms with E-state index in [0.29, 0.717) is 36.7 Å². The van der Waals surface area contributed by atoms with Gasteiger partial charge in [-0.2, -0.15) is 0 Å². The predicted octanol–water partition coefficient (Wildman–Crippen LogP) is 2.10. The number of ether oxygens (including phenoxy) is 1. The first kappa shape index (κ1) is 18.2. The van der Waals surface area contributed by atoms with Crippen molar-refractivity contribution in [2.24, 2.45) is 5.92 Å². The van der Waals surface area contributed by atoms with Crippen LogP contribution in [0.1, 0.15) is 19.8 Å². The summed E-state index contributed by atoms with van der Waals surface area (Å²) in [4.78, 5) is 25.1. The van der Waals surface area contributed by atoms with Crippen LogP contribution in [-0.2, 0) is 9.59 Å². The van der Waals surface area contributed by atoms with Gasteiger partial charge in [-0.3, -0.25) is 9.59 Å². The monoisotopic (exact) mass is 348 g/mol. The Kier molecular flexibility index (Phi) is 6.95. The van der Waals surface area contributed by atoms with Crippen molar-refractivity contribution >= 4 is 23.4 Å². The number of carbonyl (C=O) groups is 2. The van der Waals surface area contributed by atoms with Gasteiger partial charge in [-0.25, -0.2) is 0 Å². The highest BCUT2D eigenvalue weighted by Gasteiger charge is 2.25. The van der Waals surface area contributed by atoms with Crippen molar-refractivity contribution in [2.75, 3.05) is 26.2 Å². The predicted molar refractivity (Wildman–Crippen MR) is 92.7 cm³/mol. The van der Waals surface area contributed by atoms with E-state index >= 15 is 0 Å². The van der Waals surface area contributed by atoms with Crippen LogP contribution < -0.4 is 10.1 Å². The van der Waals surface area contributed by atoms with Crippen molar-refractivity contribution in [3.8, 4) is 17.6 Å². The van der Waals surface area contributed by atoms with Crippen molar-refractivity contribution < 1.29 is 14.3 Å². The number of piperidine rings is 1. The molecule has 1 aromatic rings. The zero-order valence-electron chi connectivity index (χ0n) is 13.7. The third-order valence-corrected chi connectivity index (χ3v) is 4.24. The Morgan fingerprint density at radius 2 is 2.00 bits per heavy atom. The molecule has 6 heteroatoms. The summed E-state index contributed by atoms with van der Waals surface area (Å²) in [6, 6.07) is 7.20. The zero-order chi connectivity index (χ0) is 17.4. The molecular formula is C18H21ClN2O3. The SMILES string of the molecule is CC(=O)N1CCC(C(=O)NCC#CCOc2ccccc2Cl)CC1. The first-order chi connectivity index (χ1) is 11.6. The van der Waals surface area contributed by atoms with E-state index in [9.17, 15) is 9.59 Å². The second-order valence-corrected chi connectivity index (χ2v) is 5.98. The Balaban J connectivity index is 1.65. The second-order valence-electron chi connectivity index (χ2n) is 5.57. The topological polar surface area (TPSA) is 58.6 Å². The molecule has 5 nitrogen and oxygen atoms in total. The molecule has 2 amide bonds. The van der Waals surface area contributed by atoms with Crippen LogP contribution in [0.15, 0.2) is 24.3 Å². The molecule has 1 fully saturated rings. The smallest absolute Gasteiger partial charge is 0.223 e. The van der Waals surface area contributed by atoms with Gasteiger partial charge in [0.2, 0.25) is 11.8 Å². The Morgan fingerprint density at radius 3 is 2.67 bits per heavy atom. The van der Waals surface area contributed by atoms with Crippen LogP contribution in [-0.4, -0.2) is 43.0 Å². The first-order valence-corrected chi connectivity index (χ1v) is 8.32. The lowest BCUT2D eigenvalue weighted by Crippen LogP contribution is -2.42. The average molecular weight is 349 g/mol. The van der Waals surface area contributed by atoms with Gasteiger partial charge in [-0.05, 0) is 25.0 Å². The van der Waals surface area contributed by atoms with E-state index in [1.807, 2.05) is 12.1 Å². The highest BCUT2D eigenvalue weighted by Crippen LogP contribution is 2.22. The quantitative estimate of drug-likeness (QED) is 0.848. The van der Waals surface area contributed by atoms with E-state index in [4.69, 9.17) is 16.3 Å². The molecule has 0 aliphatic carbocycles. The van der Waals surface area contributed by atoms with Crippen LogP contribution in [0.4, 0.5) is 0 Å². The number of hydrogen-bond donors (Lipinski definition) is 1. The lowest BCUT2D eigenvalue weighted by molar-refractivity contribution is -0.133. The minimum absolute atomic E-state index is 0.000441. The third kappa shape index (κ3) is 5.47. The van der Waals surface area contributed by atoms with Crippen molar-refractivity contribution in [1.82, 2.24) is 10.2 Å². The van der Waals surface area contributed by atoms with Crippen LogP contribution >= 0.6 is 11.6 Å². The van der Waals surface area contributed by atoms with E-state index < -0.39 is 0 Å². The van der Waals surface area contributed by atoms with Crippen LogP contribution in [0.2, 0.25) is 5.02 Å². The molecular weight excluding hydrogens is 328 g/mol. The number of benzene rings is 1. The highest BCUT2D eigenvalue weighted by molar-refractivity contribution is 6.32. The summed E-state index contributed by atoms with van der Waals surface area (Å²) in [6.45, 7) is 3.35. The molecule has 1 heterocycles. The molecule has 0 radical (unpaired) electrons.